The fourth-order valence-corrected chi connectivity index (χ4v) is 0.936. The summed E-state index contributed by atoms with van der Waals surface area (Å²) in [6.07, 6.45) is 0. The molecule has 0 aliphatic rings. The minimum Gasteiger partial charge on any atom is -0.465 e. The summed E-state index contributed by atoms with van der Waals surface area (Å²) in [6, 6.07) is 2.50. The van der Waals surface area contributed by atoms with E-state index in [2.05, 4.69) is 4.74 Å². The second kappa shape index (κ2) is 3.60. The van der Waals surface area contributed by atoms with Gasteiger partial charge in [-0.1, -0.05) is 11.5 Å². The summed E-state index contributed by atoms with van der Waals surface area (Å²) in [5.74, 6) is -1.09. The van der Waals surface area contributed by atoms with Crippen molar-refractivity contribution in [2.75, 3.05) is 7.11 Å². The number of ether oxygens (including phenoxy) is 1. The molecular weight excluding hydrogens is 170 g/mol. The number of methoxy groups -OCH3 is 1. The molecule has 1 rings (SSSR count). The van der Waals surface area contributed by atoms with Crippen molar-refractivity contribution >= 4 is 19.3 Å². The molecule has 0 aliphatic carbocycles. The zero-order valence-electron chi connectivity index (χ0n) is 7.43. The summed E-state index contributed by atoms with van der Waals surface area (Å²) in [6.45, 7) is 1.55. The lowest BCUT2D eigenvalue weighted by Gasteiger charge is -2.05. The molecule has 2 nitrogen and oxygen atoms in total. The van der Waals surface area contributed by atoms with E-state index in [9.17, 15) is 9.18 Å². The number of halogens is 1. The molecule has 0 aromatic heterocycles. The average molecular weight is 178 g/mol. The first-order valence-electron chi connectivity index (χ1n) is 3.70. The molecular formula is C9H8BFO2. The van der Waals surface area contributed by atoms with Crippen molar-refractivity contribution in [1.29, 1.82) is 0 Å². The third-order valence-corrected chi connectivity index (χ3v) is 1.81. The molecule has 0 saturated heterocycles. The highest BCUT2D eigenvalue weighted by Crippen LogP contribution is 2.07. The monoisotopic (exact) mass is 178 g/mol. The molecule has 0 atom stereocenters. The van der Waals surface area contributed by atoms with Crippen LogP contribution in [-0.2, 0) is 4.74 Å². The lowest BCUT2D eigenvalue weighted by molar-refractivity contribution is 0.0600. The van der Waals surface area contributed by atoms with Gasteiger partial charge in [0.15, 0.2) is 0 Å². The number of hydrogen-bond acceptors (Lipinski definition) is 2. The van der Waals surface area contributed by atoms with E-state index in [1.807, 2.05) is 0 Å². The van der Waals surface area contributed by atoms with Gasteiger partial charge in [-0.15, -0.1) is 0 Å². The fraction of sp³-hybridized carbons (Fsp3) is 0.222. The lowest BCUT2D eigenvalue weighted by atomic mass is 9.89. The van der Waals surface area contributed by atoms with Gasteiger partial charge in [0, 0.05) is 0 Å². The van der Waals surface area contributed by atoms with Gasteiger partial charge in [-0.05, 0) is 18.6 Å². The Bertz CT molecular complexity index is 326. The second-order valence-electron chi connectivity index (χ2n) is 2.66. The normalized spacial score (nSPS) is 9.77. The highest BCUT2D eigenvalue weighted by molar-refractivity contribution is 6.33. The fourth-order valence-electron chi connectivity index (χ4n) is 0.936. The summed E-state index contributed by atoms with van der Waals surface area (Å²) in [5, 5.41) is 0. The number of benzene rings is 1. The third-order valence-electron chi connectivity index (χ3n) is 1.81. The average Bonchev–Trinajstić information content (AvgIpc) is 2.12. The van der Waals surface area contributed by atoms with Crippen LogP contribution in [0.5, 0.6) is 0 Å². The molecule has 0 saturated carbocycles. The predicted octanol–water partition coefficient (Wildman–Crippen LogP) is 0.715. The molecule has 0 heterocycles. The summed E-state index contributed by atoms with van der Waals surface area (Å²) < 4.78 is 17.5. The summed E-state index contributed by atoms with van der Waals surface area (Å²) in [7, 11) is 6.70. The Kier molecular flexibility index (Phi) is 2.71. The van der Waals surface area contributed by atoms with Crippen molar-refractivity contribution in [3.63, 3.8) is 0 Å². The first-order valence-corrected chi connectivity index (χ1v) is 3.70. The van der Waals surface area contributed by atoms with E-state index in [4.69, 9.17) is 7.85 Å². The number of carbonyl (C=O) groups excluding carboxylic acids is 1. The topological polar surface area (TPSA) is 26.3 Å². The predicted molar refractivity (Wildman–Crippen MR) is 47.9 cm³/mol. The van der Waals surface area contributed by atoms with Gasteiger partial charge in [-0.25, -0.2) is 9.18 Å². The maximum Gasteiger partial charge on any atom is 0.337 e. The van der Waals surface area contributed by atoms with Gasteiger partial charge in [0.1, 0.15) is 13.7 Å². The number of rotatable bonds is 1. The van der Waals surface area contributed by atoms with Gasteiger partial charge < -0.3 is 4.74 Å². The van der Waals surface area contributed by atoms with Crippen molar-refractivity contribution in [2.24, 2.45) is 0 Å². The Hall–Kier alpha value is -1.32. The van der Waals surface area contributed by atoms with E-state index in [1.54, 1.807) is 6.92 Å². The first kappa shape index (κ1) is 9.77. The number of esters is 1. The summed E-state index contributed by atoms with van der Waals surface area (Å²) >= 11 is 0. The molecule has 13 heavy (non-hydrogen) atoms. The molecule has 2 radical (unpaired) electrons. The first-order chi connectivity index (χ1) is 6.06. The van der Waals surface area contributed by atoms with Gasteiger partial charge in [-0.3, -0.25) is 0 Å². The van der Waals surface area contributed by atoms with E-state index in [0.29, 0.717) is 5.56 Å². The molecule has 66 valence electrons. The Morgan fingerprint density at radius 3 is 2.62 bits per heavy atom. The van der Waals surface area contributed by atoms with E-state index in [0.717, 1.165) is 6.07 Å². The van der Waals surface area contributed by atoms with Crippen LogP contribution in [0.2, 0.25) is 0 Å². The van der Waals surface area contributed by atoms with Crippen LogP contribution in [0.3, 0.4) is 0 Å². The van der Waals surface area contributed by atoms with Gasteiger partial charge in [0.25, 0.3) is 0 Å². The smallest absolute Gasteiger partial charge is 0.337 e. The second-order valence-corrected chi connectivity index (χ2v) is 2.66. The van der Waals surface area contributed by atoms with Gasteiger partial charge in [-0.2, -0.15) is 0 Å². The maximum absolute atomic E-state index is 13.0. The van der Waals surface area contributed by atoms with Crippen LogP contribution >= 0.6 is 0 Å². The lowest BCUT2D eigenvalue weighted by Crippen LogP contribution is -2.14. The quantitative estimate of drug-likeness (QED) is 0.467. The van der Waals surface area contributed by atoms with Crippen LogP contribution in [0.1, 0.15) is 15.9 Å². The molecule has 0 unspecified atom stereocenters. The molecule has 0 spiro atoms. The molecule has 0 N–H and O–H groups in total. The van der Waals surface area contributed by atoms with E-state index in [-0.39, 0.29) is 11.0 Å². The molecule has 0 fully saturated rings. The maximum atomic E-state index is 13.0. The highest BCUT2D eigenvalue weighted by Gasteiger charge is 2.09. The van der Waals surface area contributed by atoms with Crippen molar-refractivity contribution in [2.45, 2.75) is 6.92 Å². The standard InChI is InChI=1S/C9H8BFO2/c1-5-7(10)3-6(4-8(5)11)9(12)13-2/h3-4H,1-2H3. The molecule has 0 bridgehead atoms. The Balaban J connectivity index is 3.20. The molecule has 1 aromatic carbocycles. The zero-order valence-corrected chi connectivity index (χ0v) is 7.43. The largest absolute Gasteiger partial charge is 0.465 e. The van der Waals surface area contributed by atoms with Gasteiger partial charge in [0.05, 0.1) is 12.7 Å². The number of carbonyl (C=O) groups is 1. The molecule has 0 amide bonds. The summed E-state index contributed by atoms with van der Waals surface area (Å²) in [5.41, 5.74) is 0.719. The van der Waals surface area contributed by atoms with Gasteiger partial charge >= 0.3 is 5.97 Å². The van der Waals surface area contributed by atoms with Crippen LogP contribution in [0.15, 0.2) is 12.1 Å². The van der Waals surface area contributed by atoms with Crippen LogP contribution in [0, 0.1) is 12.7 Å². The van der Waals surface area contributed by atoms with Crippen LogP contribution in [0.4, 0.5) is 4.39 Å². The van der Waals surface area contributed by atoms with Crippen molar-refractivity contribution in [3.05, 3.63) is 29.1 Å². The van der Waals surface area contributed by atoms with Crippen molar-refractivity contribution in [1.82, 2.24) is 0 Å². The summed E-state index contributed by atoms with van der Waals surface area (Å²) in [4.78, 5) is 11.0. The highest BCUT2D eigenvalue weighted by atomic mass is 19.1. The Labute approximate surface area is 77.1 Å². The van der Waals surface area contributed by atoms with Crippen LogP contribution in [0.25, 0.3) is 0 Å². The Morgan fingerprint density at radius 2 is 2.15 bits per heavy atom. The van der Waals surface area contributed by atoms with E-state index in [1.165, 1.54) is 13.2 Å². The van der Waals surface area contributed by atoms with Gasteiger partial charge in [0.2, 0.25) is 0 Å². The van der Waals surface area contributed by atoms with Crippen LogP contribution < -0.4 is 5.46 Å². The Morgan fingerprint density at radius 1 is 1.54 bits per heavy atom. The molecule has 1 aromatic rings. The van der Waals surface area contributed by atoms with Crippen molar-refractivity contribution in [3.8, 4) is 0 Å². The van der Waals surface area contributed by atoms with E-state index >= 15 is 0 Å². The molecule has 4 heteroatoms. The minimum absolute atomic E-state index is 0.128. The third kappa shape index (κ3) is 1.88. The van der Waals surface area contributed by atoms with E-state index < -0.39 is 11.8 Å². The van der Waals surface area contributed by atoms with Crippen molar-refractivity contribution < 1.29 is 13.9 Å². The van der Waals surface area contributed by atoms with Crippen LogP contribution in [-0.4, -0.2) is 20.9 Å². The SMILES string of the molecule is [B]c1cc(C(=O)OC)cc(F)c1C. The molecule has 0 aliphatic heterocycles. The minimum atomic E-state index is -0.592. The number of hydrogen-bond donors (Lipinski definition) is 0. The zero-order chi connectivity index (χ0) is 10.0.